The Bertz CT molecular complexity index is 892. The molecule has 1 aliphatic heterocycles. The van der Waals surface area contributed by atoms with Crippen LogP contribution >= 0.6 is 0 Å². The van der Waals surface area contributed by atoms with Crippen LogP contribution in [0.15, 0.2) is 84.9 Å². The van der Waals surface area contributed by atoms with Gasteiger partial charge < -0.3 is 10.0 Å². The third-order valence-corrected chi connectivity index (χ3v) is 5.19. The zero-order chi connectivity index (χ0) is 17.9. The van der Waals surface area contributed by atoms with Crippen molar-refractivity contribution in [1.29, 1.82) is 0 Å². The number of carbonyl (C=O) groups is 1. The van der Waals surface area contributed by atoms with Crippen molar-refractivity contribution >= 4 is 17.3 Å². The van der Waals surface area contributed by atoms with Gasteiger partial charge >= 0.3 is 5.97 Å². The highest BCUT2D eigenvalue weighted by molar-refractivity contribution is 5.79. The first kappa shape index (κ1) is 16.4. The third kappa shape index (κ3) is 2.97. The van der Waals surface area contributed by atoms with Gasteiger partial charge in [-0.15, -0.1) is 0 Å². The zero-order valence-corrected chi connectivity index (χ0v) is 14.5. The summed E-state index contributed by atoms with van der Waals surface area (Å²) in [6, 6.07) is 28.1. The average molecular weight is 343 g/mol. The van der Waals surface area contributed by atoms with E-state index in [4.69, 9.17) is 0 Å². The number of para-hydroxylation sites is 2. The zero-order valence-electron chi connectivity index (χ0n) is 14.5. The highest BCUT2D eigenvalue weighted by Gasteiger charge is 2.36. The lowest BCUT2D eigenvalue weighted by Gasteiger charge is -2.38. The van der Waals surface area contributed by atoms with Crippen LogP contribution in [0.2, 0.25) is 0 Å². The van der Waals surface area contributed by atoms with Crippen molar-refractivity contribution in [3.05, 3.63) is 96.1 Å². The summed E-state index contributed by atoms with van der Waals surface area (Å²) in [6.07, 6.45) is 0.803. The first-order valence-corrected chi connectivity index (χ1v) is 8.95. The van der Waals surface area contributed by atoms with Crippen LogP contribution in [-0.4, -0.2) is 17.6 Å². The van der Waals surface area contributed by atoms with Crippen LogP contribution in [0.3, 0.4) is 0 Å². The van der Waals surface area contributed by atoms with Crippen molar-refractivity contribution in [2.45, 2.75) is 18.3 Å². The van der Waals surface area contributed by atoms with Crippen molar-refractivity contribution in [3.8, 4) is 0 Å². The van der Waals surface area contributed by atoms with Gasteiger partial charge in [-0.1, -0.05) is 66.7 Å². The largest absolute Gasteiger partial charge is 0.481 e. The van der Waals surface area contributed by atoms with Gasteiger partial charge in [0, 0.05) is 23.8 Å². The Kier molecular flexibility index (Phi) is 4.44. The monoisotopic (exact) mass is 343 g/mol. The van der Waals surface area contributed by atoms with E-state index in [1.807, 2.05) is 60.7 Å². The molecule has 0 saturated carbocycles. The molecule has 1 heterocycles. The maximum absolute atomic E-state index is 12.1. The van der Waals surface area contributed by atoms with Crippen LogP contribution in [0.25, 0.3) is 0 Å². The molecule has 3 aromatic carbocycles. The van der Waals surface area contributed by atoms with E-state index in [0.29, 0.717) is 0 Å². The Labute approximate surface area is 153 Å². The van der Waals surface area contributed by atoms with E-state index in [-0.39, 0.29) is 5.92 Å². The van der Waals surface area contributed by atoms with Crippen LogP contribution in [-0.2, 0) is 4.79 Å². The van der Waals surface area contributed by atoms with Gasteiger partial charge in [-0.05, 0) is 35.7 Å². The third-order valence-electron chi connectivity index (χ3n) is 5.19. The lowest BCUT2D eigenvalue weighted by atomic mass is 9.77. The van der Waals surface area contributed by atoms with Gasteiger partial charge in [0.15, 0.2) is 0 Å². The summed E-state index contributed by atoms with van der Waals surface area (Å²) in [5.74, 6) is -1.33. The molecule has 130 valence electrons. The van der Waals surface area contributed by atoms with Crippen molar-refractivity contribution < 1.29 is 9.90 Å². The molecule has 0 fully saturated rings. The molecule has 0 radical (unpaired) electrons. The number of benzene rings is 3. The normalized spacial score (nSPS) is 17.4. The molecule has 3 heteroatoms. The van der Waals surface area contributed by atoms with E-state index in [2.05, 4.69) is 29.2 Å². The lowest BCUT2D eigenvalue weighted by Crippen LogP contribution is -2.31. The fraction of sp³-hybridized carbons (Fsp3) is 0.174. The van der Waals surface area contributed by atoms with E-state index < -0.39 is 11.9 Å². The minimum Gasteiger partial charge on any atom is -0.481 e. The van der Waals surface area contributed by atoms with Gasteiger partial charge in [-0.25, -0.2) is 0 Å². The minimum absolute atomic E-state index is 0.0361. The van der Waals surface area contributed by atoms with E-state index in [1.165, 1.54) is 0 Å². The molecule has 0 saturated heterocycles. The molecule has 1 aliphatic rings. The highest BCUT2D eigenvalue weighted by atomic mass is 16.4. The second-order valence-electron chi connectivity index (χ2n) is 6.67. The number of carboxylic acids is 1. The molecule has 0 bridgehead atoms. The standard InChI is InChI=1S/C23H21NO2/c25-23(26)22(17-9-3-1-4-10-17)20-15-16-24(18-11-5-2-6-12-18)21-14-8-7-13-19(20)21/h1-14,20,22H,15-16H2,(H,25,26). The van der Waals surface area contributed by atoms with Gasteiger partial charge in [0.25, 0.3) is 0 Å². The van der Waals surface area contributed by atoms with Crippen molar-refractivity contribution in [2.75, 3.05) is 11.4 Å². The molecule has 3 nitrogen and oxygen atoms in total. The molecule has 2 unspecified atom stereocenters. The van der Waals surface area contributed by atoms with Crippen molar-refractivity contribution in [3.63, 3.8) is 0 Å². The molecule has 26 heavy (non-hydrogen) atoms. The number of hydrogen-bond donors (Lipinski definition) is 1. The topological polar surface area (TPSA) is 40.5 Å². The maximum Gasteiger partial charge on any atom is 0.311 e. The Morgan fingerprint density at radius 1 is 0.885 bits per heavy atom. The van der Waals surface area contributed by atoms with Crippen molar-refractivity contribution in [1.82, 2.24) is 0 Å². The lowest BCUT2D eigenvalue weighted by molar-refractivity contribution is -0.139. The molecular weight excluding hydrogens is 322 g/mol. The molecule has 0 aromatic heterocycles. The van der Waals surface area contributed by atoms with Gasteiger partial charge in [-0.2, -0.15) is 0 Å². The van der Waals surface area contributed by atoms with E-state index in [1.54, 1.807) is 0 Å². The number of anilines is 2. The summed E-state index contributed by atoms with van der Waals surface area (Å²) in [4.78, 5) is 14.4. The predicted octanol–water partition coefficient (Wildman–Crippen LogP) is 5.18. The molecule has 4 rings (SSSR count). The number of fused-ring (bicyclic) bond motifs is 1. The molecule has 0 aliphatic carbocycles. The number of aliphatic carboxylic acids is 1. The molecular formula is C23H21NO2. The number of rotatable bonds is 4. The maximum atomic E-state index is 12.1. The van der Waals surface area contributed by atoms with E-state index >= 15 is 0 Å². The Hall–Kier alpha value is -3.07. The minimum atomic E-state index is -0.760. The summed E-state index contributed by atoms with van der Waals surface area (Å²) in [5.41, 5.74) is 4.23. The summed E-state index contributed by atoms with van der Waals surface area (Å²) in [6.45, 7) is 0.808. The SMILES string of the molecule is O=C(O)C(c1ccccc1)C1CCN(c2ccccc2)c2ccccc21. The molecule has 0 amide bonds. The Balaban J connectivity index is 1.77. The van der Waals surface area contributed by atoms with Crippen LogP contribution < -0.4 is 4.90 Å². The van der Waals surface area contributed by atoms with Crippen molar-refractivity contribution in [2.24, 2.45) is 0 Å². The van der Waals surface area contributed by atoms with Crippen LogP contribution in [0.5, 0.6) is 0 Å². The fourth-order valence-corrected chi connectivity index (χ4v) is 4.02. The van der Waals surface area contributed by atoms with Gasteiger partial charge in [-0.3, -0.25) is 4.79 Å². The smallest absolute Gasteiger partial charge is 0.311 e. The van der Waals surface area contributed by atoms with Crippen LogP contribution in [0, 0.1) is 0 Å². The Morgan fingerprint density at radius 2 is 1.50 bits per heavy atom. The van der Waals surface area contributed by atoms with Crippen LogP contribution in [0.4, 0.5) is 11.4 Å². The van der Waals surface area contributed by atoms with E-state index in [0.717, 1.165) is 35.5 Å². The molecule has 3 aromatic rings. The summed E-state index contributed by atoms with van der Waals surface area (Å²) in [5, 5.41) is 9.97. The van der Waals surface area contributed by atoms with Gasteiger partial charge in [0.1, 0.15) is 0 Å². The summed E-state index contributed by atoms with van der Waals surface area (Å²) < 4.78 is 0. The summed E-state index contributed by atoms with van der Waals surface area (Å²) >= 11 is 0. The highest BCUT2D eigenvalue weighted by Crippen LogP contribution is 2.45. The number of hydrogen-bond acceptors (Lipinski definition) is 2. The fourth-order valence-electron chi connectivity index (χ4n) is 4.02. The molecule has 0 spiro atoms. The van der Waals surface area contributed by atoms with Gasteiger partial charge in [0.05, 0.1) is 5.92 Å². The molecule has 2 atom stereocenters. The number of nitrogens with zero attached hydrogens (tertiary/aromatic N) is 1. The van der Waals surface area contributed by atoms with E-state index in [9.17, 15) is 9.90 Å². The predicted molar refractivity (Wildman–Crippen MR) is 104 cm³/mol. The summed E-state index contributed by atoms with van der Waals surface area (Å²) in [7, 11) is 0. The molecule has 1 N–H and O–H groups in total. The first-order chi connectivity index (χ1) is 12.8. The second-order valence-corrected chi connectivity index (χ2v) is 6.67. The number of carboxylic acid groups (broad SMARTS) is 1. The Morgan fingerprint density at radius 3 is 2.19 bits per heavy atom. The quantitative estimate of drug-likeness (QED) is 0.709. The average Bonchev–Trinajstić information content (AvgIpc) is 2.69. The van der Waals surface area contributed by atoms with Gasteiger partial charge in [0.2, 0.25) is 0 Å². The first-order valence-electron chi connectivity index (χ1n) is 8.95. The van der Waals surface area contributed by atoms with Crippen LogP contribution in [0.1, 0.15) is 29.4 Å². The second kappa shape index (κ2) is 7.04.